The molecule has 5 nitrogen and oxygen atoms in total. The standard InChI is InChI=1S/C14H15N3O2/c15-14(19)11-6-7-13(16-8-11)17-12(9-18)10-4-2-1-3-5-10/h1-8,12,18H,9H2,(H2,15,19)(H,16,17). The number of carbonyl (C=O) groups excluding carboxylic acids is 1. The van der Waals surface area contributed by atoms with Gasteiger partial charge in [0.2, 0.25) is 5.91 Å². The highest BCUT2D eigenvalue weighted by atomic mass is 16.3. The van der Waals surface area contributed by atoms with Crippen LogP contribution in [0, 0.1) is 0 Å². The molecule has 0 saturated carbocycles. The van der Waals surface area contributed by atoms with Gasteiger partial charge in [-0.2, -0.15) is 0 Å². The highest BCUT2D eigenvalue weighted by Crippen LogP contribution is 2.17. The van der Waals surface area contributed by atoms with Gasteiger partial charge in [-0.3, -0.25) is 4.79 Å². The molecule has 2 aromatic rings. The summed E-state index contributed by atoms with van der Waals surface area (Å²) in [6.45, 7) is -0.0523. The third kappa shape index (κ3) is 3.29. The summed E-state index contributed by atoms with van der Waals surface area (Å²) in [4.78, 5) is 15.0. The Morgan fingerprint density at radius 3 is 2.53 bits per heavy atom. The van der Waals surface area contributed by atoms with Crippen molar-refractivity contribution in [1.82, 2.24) is 4.98 Å². The van der Waals surface area contributed by atoms with Crippen molar-refractivity contribution in [3.63, 3.8) is 0 Å². The van der Waals surface area contributed by atoms with E-state index in [0.29, 0.717) is 11.4 Å². The average molecular weight is 257 g/mol. The molecule has 0 aliphatic heterocycles. The van der Waals surface area contributed by atoms with Crippen LogP contribution in [0.25, 0.3) is 0 Å². The second kappa shape index (κ2) is 5.97. The lowest BCUT2D eigenvalue weighted by Crippen LogP contribution is -2.16. The highest BCUT2D eigenvalue weighted by molar-refractivity contribution is 5.92. The molecule has 4 N–H and O–H groups in total. The number of nitrogens with two attached hydrogens (primary N) is 1. The molecule has 0 spiro atoms. The van der Waals surface area contributed by atoms with Gasteiger partial charge >= 0.3 is 0 Å². The molecule has 0 aliphatic carbocycles. The SMILES string of the molecule is NC(=O)c1ccc(NC(CO)c2ccccc2)nc1. The van der Waals surface area contributed by atoms with Crippen molar-refractivity contribution in [2.45, 2.75) is 6.04 Å². The number of rotatable bonds is 5. The maximum Gasteiger partial charge on any atom is 0.250 e. The van der Waals surface area contributed by atoms with Crippen molar-refractivity contribution in [2.75, 3.05) is 11.9 Å². The second-order valence-corrected chi connectivity index (χ2v) is 4.09. The zero-order chi connectivity index (χ0) is 13.7. The van der Waals surface area contributed by atoms with Crippen molar-refractivity contribution in [3.05, 3.63) is 59.8 Å². The van der Waals surface area contributed by atoms with Crippen LogP contribution in [0.5, 0.6) is 0 Å². The first kappa shape index (κ1) is 13.0. The van der Waals surface area contributed by atoms with E-state index in [9.17, 15) is 9.90 Å². The fraction of sp³-hybridized carbons (Fsp3) is 0.143. The number of hydrogen-bond donors (Lipinski definition) is 3. The van der Waals surface area contributed by atoms with Crippen LogP contribution >= 0.6 is 0 Å². The summed E-state index contributed by atoms with van der Waals surface area (Å²) >= 11 is 0. The van der Waals surface area contributed by atoms with Crippen molar-refractivity contribution in [1.29, 1.82) is 0 Å². The fourth-order valence-electron chi connectivity index (χ4n) is 1.72. The van der Waals surface area contributed by atoms with Crippen molar-refractivity contribution in [3.8, 4) is 0 Å². The van der Waals surface area contributed by atoms with Crippen LogP contribution in [-0.4, -0.2) is 22.6 Å². The molecule has 1 amide bonds. The first-order chi connectivity index (χ1) is 9.20. The molecule has 19 heavy (non-hydrogen) atoms. The highest BCUT2D eigenvalue weighted by Gasteiger charge is 2.10. The van der Waals surface area contributed by atoms with E-state index in [1.807, 2.05) is 30.3 Å². The molecule has 0 saturated heterocycles. The lowest BCUT2D eigenvalue weighted by Gasteiger charge is -2.17. The topological polar surface area (TPSA) is 88.2 Å². The molecule has 98 valence electrons. The minimum atomic E-state index is -0.513. The third-order valence-electron chi connectivity index (χ3n) is 2.75. The number of nitrogens with zero attached hydrogens (tertiary/aromatic N) is 1. The number of aromatic nitrogens is 1. The van der Waals surface area contributed by atoms with Crippen LogP contribution in [0.1, 0.15) is 22.0 Å². The summed E-state index contributed by atoms with van der Waals surface area (Å²) in [6.07, 6.45) is 1.41. The van der Waals surface area contributed by atoms with E-state index in [1.54, 1.807) is 12.1 Å². The van der Waals surface area contributed by atoms with E-state index in [0.717, 1.165) is 5.56 Å². The van der Waals surface area contributed by atoms with Crippen molar-refractivity contribution >= 4 is 11.7 Å². The first-order valence-electron chi connectivity index (χ1n) is 5.89. The number of hydrogen-bond acceptors (Lipinski definition) is 4. The maximum atomic E-state index is 10.9. The van der Waals surface area contributed by atoms with Crippen LogP contribution in [0.3, 0.4) is 0 Å². The van der Waals surface area contributed by atoms with Gasteiger partial charge in [-0.05, 0) is 17.7 Å². The number of nitrogens with one attached hydrogen (secondary N) is 1. The van der Waals surface area contributed by atoms with Crippen LogP contribution in [0.15, 0.2) is 48.7 Å². The molecule has 5 heteroatoms. The zero-order valence-corrected chi connectivity index (χ0v) is 10.3. The first-order valence-corrected chi connectivity index (χ1v) is 5.89. The van der Waals surface area contributed by atoms with Crippen LogP contribution < -0.4 is 11.1 Å². The van der Waals surface area contributed by atoms with Gasteiger partial charge in [0.1, 0.15) is 5.82 Å². The molecule has 1 aromatic heterocycles. The summed E-state index contributed by atoms with van der Waals surface area (Å²) in [5.74, 6) is 0.0636. The summed E-state index contributed by atoms with van der Waals surface area (Å²) in [5, 5.41) is 12.5. The molecule has 0 bridgehead atoms. The van der Waals surface area contributed by atoms with Crippen LogP contribution in [0.4, 0.5) is 5.82 Å². The number of primary amides is 1. The van der Waals surface area contributed by atoms with E-state index in [2.05, 4.69) is 10.3 Å². The van der Waals surface area contributed by atoms with E-state index in [4.69, 9.17) is 5.73 Å². The molecular formula is C14H15N3O2. The molecule has 0 radical (unpaired) electrons. The van der Waals surface area contributed by atoms with Gasteiger partial charge < -0.3 is 16.2 Å². The normalized spacial score (nSPS) is 11.8. The predicted octanol–water partition coefficient (Wildman–Crippen LogP) is 1.33. The Bertz CT molecular complexity index is 540. The van der Waals surface area contributed by atoms with Crippen LogP contribution in [0.2, 0.25) is 0 Å². The fourth-order valence-corrected chi connectivity index (χ4v) is 1.72. The quantitative estimate of drug-likeness (QED) is 0.754. The summed E-state index contributed by atoms with van der Waals surface area (Å²) in [6, 6.07) is 12.6. The number of aliphatic hydroxyl groups is 1. The zero-order valence-electron chi connectivity index (χ0n) is 10.3. The van der Waals surface area contributed by atoms with E-state index < -0.39 is 5.91 Å². The number of carbonyl (C=O) groups is 1. The second-order valence-electron chi connectivity index (χ2n) is 4.09. The third-order valence-corrected chi connectivity index (χ3v) is 2.75. The Labute approximate surface area is 111 Å². The maximum absolute atomic E-state index is 10.9. The van der Waals surface area contributed by atoms with Gasteiger partial charge in [0.25, 0.3) is 0 Å². The molecule has 1 heterocycles. The molecule has 0 aliphatic rings. The number of aliphatic hydroxyl groups excluding tert-OH is 1. The number of benzene rings is 1. The van der Waals surface area contributed by atoms with E-state index in [-0.39, 0.29) is 12.6 Å². The van der Waals surface area contributed by atoms with Gasteiger partial charge in [-0.25, -0.2) is 4.98 Å². The Morgan fingerprint density at radius 2 is 2.00 bits per heavy atom. The van der Waals surface area contributed by atoms with Gasteiger partial charge in [-0.15, -0.1) is 0 Å². The molecular weight excluding hydrogens is 242 g/mol. The monoisotopic (exact) mass is 257 g/mol. The van der Waals surface area contributed by atoms with Crippen molar-refractivity contribution in [2.24, 2.45) is 5.73 Å². The predicted molar refractivity (Wildman–Crippen MR) is 72.6 cm³/mol. The number of amides is 1. The molecule has 0 fully saturated rings. The molecule has 1 atom stereocenters. The lowest BCUT2D eigenvalue weighted by molar-refractivity contribution is 0.1000. The largest absolute Gasteiger partial charge is 0.394 e. The number of pyridine rings is 1. The molecule has 1 aromatic carbocycles. The van der Waals surface area contributed by atoms with Crippen molar-refractivity contribution < 1.29 is 9.90 Å². The lowest BCUT2D eigenvalue weighted by atomic mass is 10.1. The Balaban J connectivity index is 2.12. The van der Waals surface area contributed by atoms with Gasteiger partial charge in [-0.1, -0.05) is 30.3 Å². The average Bonchev–Trinajstić information content (AvgIpc) is 2.46. The summed E-state index contributed by atoms with van der Waals surface area (Å²) < 4.78 is 0. The smallest absolute Gasteiger partial charge is 0.250 e. The minimum absolute atomic E-state index is 0.0523. The Kier molecular flexibility index (Phi) is 4.10. The van der Waals surface area contributed by atoms with E-state index >= 15 is 0 Å². The van der Waals surface area contributed by atoms with Gasteiger partial charge in [0.05, 0.1) is 18.2 Å². The summed E-state index contributed by atoms with van der Waals surface area (Å²) in [7, 11) is 0. The minimum Gasteiger partial charge on any atom is -0.394 e. The Hall–Kier alpha value is -2.40. The van der Waals surface area contributed by atoms with Gasteiger partial charge in [0.15, 0.2) is 0 Å². The van der Waals surface area contributed by atoms with Crippen LogP contribution in [-0.2, 0) is 0 Å². The molecule has 1 unspecified atom stereocenters. The number of anilines is 1. The summed E-state index contributed by atoms with van der Waals surface area (Å²) in [5.41, 5.74) is 6.46. The molecule has 2 rings (SSSR count). The van der Waals surface area contributed by atoms with E-state index in [1.165, 1.54) is 6.20 Å². The Morgan fingerprint density at radius 1 is 1.26 bits per heavy atom. The van der Waals surface area contributed by atoms with Gasteiger partial charge in [0, 0.05) is 6.20 Å².